The van der Waals surface area contributed by atoms with E-state index in [1.54, 1.807) is 0 Å². The monoisotopic (exact) mass is 297 g/mol. The minimum absolute atomic E-state index is 0.180. The van der Waals surface area contributed by atoms with E-state index in [-0.39, 0.29) is 37.7 Å². The van der Waals surface area contributed by atoms with E-state index in [1.165, 1.54) is 9.80 Å². The van der Waals surface area contributed by atoms with Gasteiger partial charge >= 0.3 is 12.0 Å². The number of hydrogen-bond donors (Lipinski definition) is 2. The third kappa shape index (κ3) is 2.94. The first-order chi connectivity index (χ1) is 10.1. The number of morpholine rings is 1. The number of urea groups is 1. The summed E-state index contributed by atoms with van der Waals surface area (Å²) in [4.78, 5) is 38.3. The Hall–Kier alpha value is -1.83. The Morgan fingerprint density at radius 3 is 2.52 bits per heavy atom. The first-order valence-corrected chi connectivity index (χ1v) is 7.22. The molecule has 1 saturated carbocycles. The lowest BCUT2D eigenvalue weighted by Crippen LogP contribution is -2.63. The molecule has 0 aromatic carbocycles. The fourth-order valence-corrected chi connectivity index (χ4v) is 2.55. The summed E-state index contributed by atoms with van der Waals surface area (Å²) in [6, 6.07) is -0.653. The van der Waals surface area contributed by atoms with Gasteiger partial charge in [-0.3, -0.25) is 9.59 Å². The van der Waals surface area contributed by atoms with Crippen molar-refractivity contribution >= 4 is 17.9 Å². The molecule has 1 aliphatic carbocycles. The molecule has 1 atom stereocenters. The highest BCUT2D eigenvalue weighted by Crippen LogP contribution is 2.22. The van der Waals surface area contributed by atoms with Crippen molar-refractivity contribution in [3.8, 4) is 0 Å². The molecule has 3 aliphatic rings. The molecular formula is C13H19N3O5. The van der Waals surface area contributed by atoms with Crippen LogP contribution in [0.2, 0.25) is 0 Å². The minimum atomic E-state index is -0.885. The van der Waals surface area contributed by atoms with Gasteiger partial charge in [0.2, 0.25) is 5.91 Å². The number of nitrogens with one attached hydrogen (secondary N) is 1. The molecule has 116 valence electrons. The molecule has 21 heavy (non-hydrogen) atoms. The highest BCUT2D eigenvalue weighted by molar-refractivity contribution is 5.88. The van der Waals surface area contributed by atoms with E-state index in [0.717, 1.165) is 12.8 Å². The van der Waals surface area contributed by atoms with E-state index >= 15 is 0 Å². The fraction of sp³-hybridized carbons (Fsp3) is 0.769. The van der Waals surface area contributed by atoms with E-state index in [0.29, 0.717) is 13.2 Å². The van der Waals surface area contributed by atoms with Crippen LogP contribution in [0.5, 0.6) is 0 Å². The molecule has 0 aromatic rings. The third-order valence-electron chi connectivity index (χ3n) is 4.10. The summed E-state index contributed by atoms with van der Waals surface area (Å²) in [6.45, 7) is 1.37. The van der Waals surface area contributed by atoms with Crippen LogP contribution in [0.4, 0.5) is 4.79 Å². The van der Waals surface area contributed by atoms with Crippen LogP contribution in [0.15, 0.2) is 0 Å². The van der Waals surface area contributed by atoms with Crippen LogP contribution in [0.3, 0.4) is 0 Å². The van der Waals surface area contributed by atoms with Crippen LogP contribution in [0, 0.1) is 5.92 Å². The van der Waals surface area contributed by atoms with E-state index < -0.39 is 17.9 Å². The van der Waals surface area contributed by atoms with Crippen LogP contribution in [0.1, 0.15) is 12.8 Å². The van der Waals surface area contributed by atoms with Gasteiger partial charge in [0.15, 0.2) is 0 Å². The van der Waals surface area contributed by atoms with E-state index in [4.69, 9.17) is 9.84 Å². The molecule has 2 saturated heterocycles. The molecule has 3 amide bonds. The van der Waals surface area contributed by atoms with Crippen LogP contribution in [0.25, 0.3) is 0 Å². The Morgan fingerprint density at radius 1 is 1.19 bits per heavy atom. The highest BCUT2D eigenvalue weighted by atomic mass is 16.5. The van der Waals surface area contributed by atoms with E-state index in [1.807, 2.05) is 0 Å². The van der Waals surface area contributed by atoms with Crippen LogP contribution >= 0.6 is 0 Å². The Bertz CT molecular complexity index is 459. The van der Waals surface area contributed by atoms with Gasteiger partial charge in [-0.05, 0) is 12.8 Å². The van der Waals surface area contributed by atoms with Crippen molar-refractivity contribution in [3.05, 3.63) is 0 Å². The zero-order valence-corrected chi connectivity index (χ0v) is 11.7. The maximum absolute atomic E-state index is 12.4. The fourth-order valence-electron chi connectivity index (χ4n) is 2.55. The third-order valence-corrected chi connectivity index (χ3v) is 4.10. The average Bonchev–Trinajstić information content (AvgIpc) is 3.20. The zero-order valence-electron chi connectivity index (χ0n) is 11.7. The Labute approximate surface area is 122 Å². The first-order valence-electron chi connectivity index (χ1n) is 7.22. The zero-order chi connectivity index (χ0) is 15.0. The van der Waals surface area contributed by atoms with Crippen molar-refractivity contribution < 1.29 is 24.2 Å². The summed E-state index contributed by atoms with van der Waals surface area (Å²) in [7, 11) is 0. The number of carboxylic acids is 1. The molecule has 0 bridgehead atoms. The first kappa shape index (κ1) is 14.1. The average molecular weight is 297 g/mol. The van der Waals surface area contributed by atoms with Gasteiger partial charge in [-0.15, -0.1) is 0 Å². The second-order valence-electron chi connectivity index (χ2n) is 5.79. The van der Waals surface area contributed by atoms with Crippen molar-refractivity contribution in [1.29, 1.82) is 0 Å². The van der Waals surface area contributed by atoms with Crippen molar-refractivity contribution in [3.63, 3.8) is 0 Å². The molecule has 0 aromatic heterocycles. The van der Waals surface area contributed by atoms with Crippen molar-refractivity contribution in [1.82, 2.24) is 15.1 Å². The van der Waals surface area contributed by atoms with Gasteiger partial charge < -0.3 is 25.0 Å². The Kier molecular flexibility index (Phi) is 3.71. The molecule has 1 unspecified atom stereocenters. The van der Waals surface area contributed by atoms with Gasteiger partial charge in [0.05, 0.1) is 19.1 Å². The lowest BCUT2D eigenvalue weighted by molar-refractivity contribution is -0.147. The smallest absolute Gasteiger partial charge is 0.320 e. The van der Waals surface area contributed by atoms with Gasteiger partial charge in [-0.2, -0.15) is 0 Å². The van der Waals surface area contributed by atoms with Crippen molar-refractivity contribution in [2.75, 3.05) is 32.8 Å². The number of carboxylic acid groups (broad SMARTS) is 1. The quantitative estimate of drug-likeness (QED) is 0.703. The van der Waals surface area contributed by atoms with Gasteiger partial charge in [0.1, 0.15) is 6.04 Å². The number of ether oxygens (including phenoxy) is 1. The number of rotatable bonds is 3. The molecule has 2 heterocycles. The molecule has 8 heteroatoms. The standard InChI is InChI=1S/C13H19N3O5/c17-11(14-9-1-2-9)10-7-21-4-3-16(10)13(20)15-5-8(6-15)12(18)19/h8-10H,1-7H2,(H,14,17)(H,18,19). The summed E-state index contributed by atoms with van der Waals surface area (Å²) in [5, 5.41) is 11.7. The predicted octanol–water partition coefficient (Wildman–Crippen LogP) is -0.898. The van der Waals surface area contributed by atoms with Gasteiger partial charge in [-0.25, -0.2) is 4.79 Å². The van der Waals surface area contributed by atoms with Crippen molar-refractivity contribution in [2.24, 2.45) is 5.92 Å². The summed E-state index contributed by atoms with van der Waals surface area (Å²) in [5.74, 6) is -1.56. The van der Waals surface area contributed by atoms with Crippen LogP contribution in [-0.4, -0.2) is 77.7 Å². The summed E-state index contributed by atoms with van der Waals surface area (Å²) in [6.07, 6.45) is 1.97. The molecule has 3 fully saturated rings. The van der Waals surface area contributed by atoms with E-state index in [2.05, 4.69) is 5.32 Å². The topological polar surface area (TPSA) is 99.2 Å². The lowest BCUT2D eigenvalue weighted by Gasteiger charge is -2.43. The molecular weight excluding hydrogens is 278 g/mol. The molecule has 0 radical (unpaired) electrons. The SMILES string of the molecule is O=C(O)C1CN(C(=O)N2CCOCC2C(=O)NC2CC2)C1. The minimum Gasteiger partial charge on any atom is -0.481 e. The van der Waals surface area contributed by atoms with E-state index in [9.17, 15) is 14.4 Å². The maximum Gasteiger partial charge on any atom is 0.320 e. The second kappa shape index (κ2) is 5.51. The molecule has 2 N–H and O–H groups in total. The summed E-state index contributed by atoms with van der Waals surface area (Å²) < 4.78 is 5.31. The summed E-state index contributed by atoms with van der Waals surface area (Å²) in [5.41, 5.74) is 0. The summed E-state index contributed by atoms with van der Waals surface area (Å²) >= 11 is 0. The number of nitrogens with zero attached hydrogens (tertiary/aromatic N) is 2. The lowest BCUT2D eigenvalue weighted by atomic mass is 10.0. The number of carbonyl (C=O) groups is 3. The van der Waals surface area contributed by atoms with Gasteiger partial charge in [0, 0.05) is 25.7 Å². The maximum atomic E-state index is 12.4. The molecule has 2 aliphatic heterocycles. The largest absolute Gasteiger partial charge is 0.481 e. The molecule has 8 nitrogen and oxygen atoms in total. The predicted molar refractivity (Wildman–Crippen MR) is 70.6 cm³/mol. The van der Waals surface area contributed by atoms with Gasteiger partial charge in [0.25, 0.3) is 0 Å². The normalized spacial score (nSPS) is 26.2. The van der Waals surface area contributed by atoms with Crippen molar-refractivity contribution in [2.45, 2.75) is 24.9 Å². The number of hydrogen-bond acceptors (Lipinski definition) is 4. The highest BCUT2D eigenvalue weighted by Gasteiger charge is 2.42. The second-order valence-corrected chi connectivity index (χ2v) is 5.79. The number of amides is 3. The number of aliphatic carboxylic acids is 1. The van der Waals surface area contributed by atoms with Crippen LogP contribution in [-0.2, 0) is 14.3 Å². The Balaban J connectivity index is 1.59. The number of likely N-dealkylation sites (tertiary alicyclic amines) is 1. The van der Waals surface area contributed by atoms with Crippen LogP contribution < -0.4 is 5.32 Å². The van der Waals surface area contributed by atoms with Gasteiger partial charge in [-0.1, -0.05) is 0 Å². The number of carbonyl (C=O) groups excluding carboxylic acids is 2. The molecule has 3 rings (SSSR count). The Morgan fingerprint density at radius 2 is 1.90 bits per heavy atom. The molecule has 0 spiro atoms.